The van der Waals surface area contributed by atoms with Gasteiger partial charge in [-0.25, -0.2) is 4.98 Å². The van der Waals surface area contributed by atoms with E-state index in [9.17, 15) is 10.4 Å². The van der Waals surface area contributed by atoms with Crippen LogP contribution < -0.4 is 0 Å². The highest BCUT2D eigenvalue weighted by Crippen LogP contribution is 2.30. The molecule has 1 heterocycles. The van der Waals surface area contributed by atoms with Crippen molar-refractivity contribution in [1.29, 1.82) is 5.26 Å². The Morgan fingerprint density at radius 3 is 2.64 bits per heavy atom. The van der Waals surface area contributed by atoms with Gasteiger partial charge in [0.05, 0.1) is 16.1 Å². The SMILES string of the molecule is N#CC(=C(O)c1ccc(Cl)cc1Cl)c1nc2ccccc2[nH]1. The summed E-state index contributed by atoms with van der Waals surface area (Å²) < 4.78 is 0. The van der Waals surface area contributed by atoms with Crippen molar-refractivity contribution >= 4 is 45.6 Å². The number of aromatic amines is 1. The number of hydrogen-bond donors (Lipinski definition) is 2. The number of benzene rings is 2. The lowest BCUT2D eigenvalue weighted by Crippen LogP contribution is -1.93. The van der Waals surface area contributed by atoms with Crippen molar-refractivity contribution in [3.05, 3.63) is 63.9 Å². The maximum absolute atomic E-state index is 10.4. The van der Waals surface area contributed by atoms with E-state index >= 15 is 0 Å². The number of nitrogens with zero attached hydrogens (tertiary/aromatic N) is 2. The second-order valence-electron chi connectivity index (χ2n) is 4.56. The molecule has 3 rings (SSSR count). The first-order valence-corrected chi connectivity index (χ1v) is 7.09. The monoisotopic (exact) mass is 329 g/mol. The minimum absolute atomic E-state index is 0.0143. The molecule has 0 spiro atoms. The van der Waals surface area contributed by atoms with E-state index in [0.717, 1.165) is 5.52 Å². The summed E-state index contributed by atoms with van der Waals surface area (Å²) in [6.07, 6.45) is 0. The number of fused-ring (bicyclic) bond motifs is 1. The van der Waals surface area contributed by atoms with Gasteiger partial charge < -0.3 is 10.1 Å². The molecule has 0 aliphatic heterocycles. The van der Waals surface area contributed by atoms with Gasteiger partial charge in [-0.05, 0) is 30.3 Å². The highest BCUT2D eigenvalue weighted by Gasteiger charge is 2.16. The van der Waals surface area contributed by atoms with Gasteiger partial charge in [0, 0.05) is 10.6 Å². The van der Waals surface area contributed by atoms with Gasteiger partial charge in [-0.2, -0.15) is 5.26 Å². The summed E-state index contributed by atoms with van der Waals surface area (Å²) in [6.45, 7) is 0. The number of hydrogen-bond acceptors (Lipinski definition) is 3. The van der Waals surface area contributed by atoms with Crippen LogP contribution in [0.1, 0.15) is 11.4 Å². The highest BCUT2D eigenvalue weighted by atomic mass is 35.5. The summed E-state index contributed by atoms with van der Waals surface area (Å²) in [5.74, 6) is 0.0374. The van der Waals surface area contributed by atoms with Crippen LogP contribution in [0.15, 0.2) is 42.5 Å². The van der Waals surface area contributed by atoms with Gasteiger partial charge in [0.25, 0.3) is 0 Å². The number of nitrogens with one attached hydrogen (secondary N) is 1. The van der Waals surface area contributed by atoms with E-state index in [1.807, 2.05) is 30.3 Å². The van der Waals surface area contributed by atoms with Gasteiger partial charge in [0.15, 0.2) is 5.82 Å². The molecule has 22 heavy (non-hydrogen) atoms. The normalized spacial score (nSPS) is 12.0. The zero-order chi connectivity index (χ0) is 15.7. The summed E-state index contributed by atoms with van der Waals surface area (Å²) >= 11 is 11.9. The molecule has 0 saturated carbocycles. The molecule has 0 atom stereocenters. The summed E-state index contributed by atoms with van der Waals surface area (Å²) in [5, 5.41) is 20.5. The van der Waals surface area contributed by atoms with E-state index in [1.165, 1.54) is 6.07 Å². The van der Waals surface area contributed by atoms with E-state index in [2.05, 4.69) is 9.97 Å². The van der Waals surface area contributed by atoms with Gasteiger partial charge in [-0.3, -0.25) is 0 Å². The number of para-hydroxylation sites is 2. The first-order valence-electron chi connectivity index (χ1n) is 6.34. The van der Waals surface area contributed by atoms with Gasteiger partial charge in [0.1, 0.15) is 17.4 Å². The minimum atomic E-state index is -0.247. The second-order valence-corrected chi connectivity index (χ2v) is 5.41. The third kappa shape index (κ3) is 2.52. The molecular weight excluding hydrogens is 321 g/mol. The van der Waals surface area contributed by atoms with Crippen molar-refractivity contribution in [2.75, 3.05) is 0 Å². The maximum Gasteiger partial charge on any atom is 0.153 e. The van der Waals surface area contributed by atoms with E-state index < -0.39 is 0 Å². The molecule has 6 heteroatoms. The van der Waals surface area contributed by atoms with E-state index in [4.69, 9.17) is 23.2 Å². The number of rotatable bonds is 2. The first kappa shape index (κ1) is 14.5. The molecule has 108 valence electrons. The highest BCUT2D eigenvalue weighted by molar-refractivity contribution is 6.35. The predicted molar refractivity (Wildman–Crippen MR) is 87.6 cm³/mol. The Bertz CT molecular complexity index is 905. The predicted octanol–water partition coefficient (Wildman–Crippen LogP) is 4.82. The molecule has 4 nitrogen and oxygen atoms in total. The molecule has 0 aliphatic carbocycles. The lowest BCUT2D eigenvalue weighted by molar-refractivity contribution is 0.514. The van der Waals surface area contributed by atoms with Crippen LogP contribution in [0.5, 0.6) is 0 Å². The molecule has 2 N–H and O–H groups in total. The lowest BCUT2D eigenvalue weighted by Gasteiger charge is -2.05. The number of aromatic nitrogens is 2. The van der Waals surface area contributed by atoms with Crippen LogP contribution in [0.25, 0.3) is 22.4 Å². The molecule has 2 aromatic carbocycles. The molecule has 0 radical (unpaired) electrons. The standard InChI is InChI=1S/C16H9Cl2N3O/c17-9-5-6-10(12(18)7-9)15(22)11(8-19)16-20-13-3-1-2-4-14(13)21-16/h1-7,22H,(H,20,21). The Kier molecular flexibility index (Phi) is 3.76. The Hall–Kier alpha value is -2.48. The number of imidazole rings is 1. The number of allylic oxidation sites excluding steroid dienone is 1. The molecule has 0 saturated heterocycles. The average molecular weight is 330 g/mol. The van der Waals surface area contributed by atoms with Crippen LogP contribution in [0.3, 0.4) is 0 Å². The summed E-state index contributed by atoms with van der Waals surface area (Å²) in [6, 6.07) is 14.0. The molecule has 1 aromatic heterocycles. The van der Waals surface area contributed by atoms with Crippen molar-refractivity contribution in [2.24, 2.45) is 0 Å². The number of aliphatic hydroxyl groups excluding tert-OH is 1. The van der Waals surface area contributed by atoms with Crippen LogP contribution in [0, 0.1) is 11.3 Å². The first-order chi connectivity index (χ1) is 10.6. The van der Waals surface area contributed by atoms with E-state index in [-0.39, 0.29) is 22.2 Å². The topological polar surface area (TPSA) is 72.7 Å². The van der Waals surface area contributed by atoms with Gasteiger partial charge in [-0.15, -0.1) is 0 Å². The Morgan fingerprint density at radius 2 is 1.95 bits per heavy atom. The van der Waals surface area contributed by atoms with Crippen LogP contribution >= 0.6 is 23.2 Å². The molecule has 0 fully saturated rings. The van der Waals surface area contributed by atoms with Crippen molar-refractivity contribution in [3.63, 3.8) is 0 Å². The molecule has 0 amide bonds. The largest absolute Gasteiger partial charge is 0.506 e. The Balaban J connectivity index is 2.18. The average Bonchev–Trinajstić information content (AvgIpc) is 2.91. The third-order valence-electron chi connectivity index (χ3n) is 3.16. The number of aliphatic hydroxyl groups is 1. The van der Waals surface area contributed by atoms with Gasteiger partial charge in [0.2, 0.25) is 0 Å². The quantitative estimate of drug-likeness (QED) is 0.523. The van der Waals surface area contributed by atoms with Gasteiger partial charge >= 0.3 is 0 Å². The van der Waals surface area contributed by atoms with Crippen LogP contribution in [0.4, 0.5) is 0 Å². The molecular formula is C16H9Cl2N3O. The van der Waals surface area contributed by atoms with Crippen LogP contribution in [-0.2, 0) is 0 Å². The summed E-state index contributed by atoms with van der Waals surface area (Å²) in [5.41, 5.74) is 1.82. The fourth-order valence-corrected chi connectivity index (χ4v) is 2.60. The fraction of sp³-hybridized carbons (Fsp3) is 0. The van der Waals surface area contributed by atoms with Crippen LogP contribution in [-0.4, -0.2) is 15.1 Å². The zero-order valence-corrected chi connectivity index (χ0v) is 12.7. The second kappa shape index (κ2) is 5.72. The molecule has 0 unspecified atom stereocenters. The third-order valence-corrected chi connectivity index (χ3v) is 3.71. The Morgan fingerprint density at radius 1 is 1.18 bits per heavy atom. The van der Waals surface area contributed by atoms with Crippen molar-refractivity contribution in [3.8, 4) is 6.07 Å². The maximum atomic E-state index is 10.4. The van der Waals surface area contributed by atoms with Crippen molar-refractivity contribution in [1.82, 2.24) is 9.97 Å². The smallest absolute Gasteiger partial charge is 0.153 e. The Labute approximate surface area is 136 Å². The molecule has 0 aliphatic rings. The summed E-state index contributed by atoms with van der Waals surface area (Å²) in [7, 11) is 0. The fourth-order valence-electron chi connectivity index (χ4n) is 2.11. The molecule has 0 bridgehead atoms. The van der Waals surface area contributed by atoms with Gasteiger partial charge in [-0.1, -0.05) is 35.3 Å². The minimum Gasteiger partial charge on any atom is -0.506 e. The lowest BCUT2D eigenvalue weighted by atomic mass is 10.1. The zero-order valence-electron chi connectivity index (χ0n) is 11.1. The van der Waals surface area contributed by atoms with E-state index in [1.54, 1.807) is 12.1 Å². The number of H-pyrrole nitrogens is 1. The molecule has 3 aromatic rings. The van der Waals surface area contributed by atoms with E-state index in [0.29, 0.717) is 16.1 Å². The van der Waals surface area contributed by atoms with Crippen LogP contribution in [0.2, 0.25) is 10.0 Å². The summed E-state index contributed by atoms with van der Waals surface area (Å²) in [4.78, 5) is 7.32. The van der Waals surface area contributed by atoms with Crippen molar-refractivity contribution < 1.29 is 5.11 Å². The van der Waals surface area contributed by atoms with Crippen molar-refractivity contribution in [2.45, 2.75) is 0 Å². The number of nitriles is 1. The number of halogens is 2.